The molecular weight excluding hydrogens is 172 g/mol. The zero-order valence-electron chi connectivity index (χ0n) is 7.82. The van der Waals surface area contributed by atoms with Gasteiger partial charge in [0.25, 0.3) is 0 Å². The van der Waals surface area contributed by atoms with Crippen molar-refractivity contribution >= 4 is 0 Å². The first kappa shape index (κ1) is 10.9. The molecule has 1 atom stereocenters. The Kier molecular flexibility index (Phi) is 5.26. The third-order valence-corrected chi connectivity index (χ3v) is 2.00. The van der Waals surface area contributed by atoms with Crippen LogP contribution in [0.4, 0.5) is 0 Å². The van der Waals surface area contributed by atoms with Gasteiger partial charge in [0.1, 0.15) is 6.23 Å². The molecule has 0 spiro atoms. The predicted molar refractivity (Wildman–Crippen MR) is 48.3 cm³/mol. The van der Waals surface area contributed by atoms with E-state index in [4.69, 9.17) is 15.2 Å². The van der Waals surface area contributed by atoms with Crippen molar-refractivity contribution in [2.24, 2.45) is 5.73 Å². The minimum atomic E-state index is -0.518. The van der Waals surface area contributed by atoms with Gasteiger partial charge in [-0.25, -0.2) is 0 Å². The van der Waals surface area contributed by atoms with E-state index in [9.17, 15) is 5.11 Å². The van der Waals surface area contributed by atoms with E-state index in [-0.39, 0.29) is 0 Å². The molecule has 1 fully saturated rings. The van der Waals surface area contributed by atoms with Crippen molar-refractivity contribution in [1.82, 2.24) is 4.90 Å². The van der Waals surface area contributed by atoms with Crippen LogP contribution in [0.5, 0.6) is 0 Å². The second kappa shape index (κ2) is 6.28. The Labute approximate surface area is 78.4 Å². The van der Waals surface area contributed by atoms with Gasteiger partial charge < -0.3 is 20.3 Å². The van der Waals surface area contributed by atoms with E-state index in [1.807, 2.05) is 4.90 Å². The molecule has 0 radical (unpaired) electrons. The summed E-state index contributed by atoms with van der Waals surface area (Å²) in [7, 11) is 0. The second-order valence-electron chi connectivity index (χ2n) is 2.99. The maximum absolute atomic E-state index is 9.61. The lowest BCUT2D eigenvalue weighted by Crippen LogP contribution is -2.45. The molecule has 78 valence electrons. The van der Waals surface area contributed by atoms with E-state index in [0.29, 0.717) is 33.0 Å². The summed E-state index contributed by atoms with van der Waals surface area (Å²) in [4.78, 5) is 1.94. The zero-order chi connectivity index (χ0) is 9.52. The topological polar surface area (TPSA) is 68.0 Å². The Morgan fingerprint density at radius 1 is 1.46 bits per heavy atom. The summed E-state index contributed by atoms with van der Waals surface area (Å²) in [6, 6.07) is 0. The lowest BCUT2D eigenvalue weighted by molar-refractivity contribution is -0.0925. The summed E-state index contributed by atoms with van der Waals surface area (Å²) in [5, 5.41) is 9.61. The quantitative estimate of drug-likeness (QED) is 0.523. The average Bonchev–Trinajstić information content (AvgIpc) is 2.19. The summed E-state index contributed by atoms with van der Waals surface area (Å²) in [6.45, 7) is 4.25. The van der Waals surface area contributed by atoms with Gasteiger partial charge in [-0.1, -0.05) is 0 Å². The molecule has 0 bridgehead atoms. The maximum Gasteiger partial charge on any atom is 0.131 e. The number of hydrogen-bond donors (Lipinski definition) is 2. The molecule has 0 saturated carbocycles. The summed E-state index contributed by atoms with van der Waals surface area (Å²) in [5.41, 5.74) is 5.25. The number of hydrogen-bond acceptors (Lipinski definition) is 5. The van der Waals surface area contributed by atoms with Crippen molar-refractivity contribution in [2.45, 2.75) is 6.23 Å². The Bertz CT molecular complexity index is 129. The number of nitrogens with two attached hydrogens (primary N) is 1. The SMILES string of the molecule is NCCOCC(O)N1CCOCC1. The molecule has 13 heavy (non-hydrogen) atoms. The number of ether oxygens (including phenoxy) is 2. The van der Waals surface area contributed by atoms with Gasteiger partial charge in [0.2, 0.25) is 0 Å². The Morgan fingerprint density at radius 2 is 2.15 bits per heavy atom. The minimum Gasteiger partial charge on any atom is -0.379 e. The highest BCUT2D eigenvalue weighted by Crippen LogP contribution is 2.01. The monoisotopic (exact) mass is 190 g/mol. The normalized spacial score (nSPS) is 21.7. The predicted octanol–water partition coefficient (Wildman–Crippen LogP) is -1.39. The first-order chi connectivity index (χ1) is 6.34. The number of rotatable bonds is 5. The van der Waals surface area contributed by atoms with Gasteiger partial charge in [-0.15, -0.1) is 0 Å². The summed E-state index contributed by atoms with van der Waals surface area (Å²) < 4.78 is 10.3. The van der Waals surface area contributed by atoms with Crippen molar-refractivity contribution in [3.05, 3.63) is 0 Å². The van der Waals surface area contributed by atoms with Crippen LogP contribution in [-0.4, -0.2) is 62.3 Å². The fraction of sp³-hybridized carbons (Fsp3) is 1.00. The van der Waals surface area contributed by atoms with Crippen molar-refractivity contribution in [3.63, 3.8) is 0 Å². The molecular formula is C8H18N2O3. The highest BCUT2D eigenvalue weighted by Gasteiger charge is 2.17. The van der Waals surface area contributed by atoms with Crippen LogP contribution < -0.4 is 5.73 Å². The third kappa shape index (κ3) is 4.02. The Hall–Kier alpha value is -0.200. The maximum atomic E-state index is 9.61. The van der Waals surface area contributed by atoms with E-state index in [1.54, 1.807) is 0 Å². The minimum absolute atomic E-state index is 0.331. The highest BCUT2D eigenvalue weighted by molar-refractivity contribution is 4.64. The number of aliphatic hydroxyl groups is 1. The van der Waals surface area contributed by atoms with Crippen LogP contribution in [0, 0.1) is 0 Å². The van der Waals surface area contributed by atoms with Crippen LogP contribution in [0.3, 0.4) is 0 Å². The largest absolute Gasteiger partial charge is 0.379 e. The molecule has 5 heteroatoms. The van der Waals surface area contributed by atoms with Gasteiger partial charge >= 0.3 is 0 Å². The Balaban J connectivity index is 2.09. The third-order valence-electron chi connectivity index (χ3n) is 2.00. The molecule has 1 aliphatic heterocycles. The first-order valence-electron chi connectivity index (χ1n) is 4.62. The fourth-order valence-electron chi connectivity index (χ4n) is 1.25. The fourth-order valence-corrected chi connectivity index (χ4v) is 1.25. The van der Waals surface area contributed by atoms with Gasteiger partial charge in [0, 0.05) is 19.6 Å². The number of morpholine rings is 1. The summed E-state index contributed by atoms with van der Waals surface area (Å²) >= 11 is 0. The van der Waals surface area contributed by atoms with Crippen molar-refractivity contribution in [1.29, 1.82) is 0 Å². The molecule has 1 unspecified atom stereocenters. The molecule has 1 heterocycles. The number of nitrogens with zero attached hydrogens (tertiary/aromatic N) is 1. The standard InChI is InChI=1S/C8H18N2O3/c9-1-4-13-7-8(11)10-2-5-12-6-3-10/h8,11H,1-7,9H2. The molecule has 0 aromatic rings. The van der Waals surface area contributed by atoms with Gasteiger partial charge in [-0.05, 0) is 0 Å². The molecule has 1 rings (SSSR count). The van der Waals surface area contributed by atoms with Crippen LogP contribution in [-0.2, 0) is 9.47 Å². The molecule has 0 aromatic carbocycles. The average molecular weight is 190 g/mol. The smallest absolute Gasteiger partial charge is 0.131 e. The van der Waals surface area contributed by atoms with Gasteiger partial charge in [0.15, 0.2) is 0 Å². The molecule has 1 aliphatic rings. The van der Waals surface area contributed by atoms with Gasteiger partial charge in [0.05, 0.1) is 26.4 Å². The van der Waals surface area contributed by atoms with Crippen LogP contribution in [0.2, 0.25) is 0 Å². The second-order valence-corrected chi connectivity index (χ2v) is 2.99. The molecule has 0 aliphatic carbocycles. The van der Waals surface area contributed by atoms with Crippen molar-refractivity contribution < 1.29 is 14.6 Å². The molecule has 1 saturated heterocycles. The number of aliphatic hydroxyl groups excluding tert-OH is 1. The lowest BCUT2D eigenvalue weighted by Gasteiger charge is -2.30. The van der Waals surface area contributed by atoms with Crippen molar-refractivity contribution in [3.8, 4) is 0 Å². The molecule has 0 amide bonds. The zero-order valence-corrected chi connectivity index (χ0v) is 7.82. The lowest BCUT2D eigenvalue weighted by atomic mass is 10.4. The van der Waals surface area contributed by atoms with Crippen LogP contribution >= 0.6 is 0 Å². The summed E-state index contributed by atoms with van der Waals surface area (Å²) in [6.07, 6.45) is -0.518. The molecule has 3 N–H and O–H groups in total. The Morgan fingerprint density at radius 3 is 2.77 bits per heavy atom. The van der Waals surface area contributed by atoms with Crippen LogP contribution in [0.25, 0.3) is 0 Å². The van der Waals surface area contributed by atoms with E-state index in [0.717, 1.165) is 13.1 Å². The molecule has 5 nitrogen and oxygen atoms in total. The van der Waals surface area contributed by atoms with E-state index < -0.39 is 6.23 Å². The van der Waals surface area contributed by atoms with Crippen molar-refractivity contribution in [2.75, 3.05) is 46.1 Å². The van der Waals surface area contributed by atoms with E-state index in [1.165, 1.54) is 0 Å². The highest BCUT2D eigenvalue weighted by atomic mass is 16.5. The van der Waals surface area contributed by atoms with Gasteiger partial charge in [-0.2, -0.15) is 0 Å². The van der Waals surface area contributed by atoms with E-state index >= 15 is 0 Å². The first-order valence-corrected chi connectivity index (χ1v) is 4.62. The van der Waals surface area contributed by atoms with Gasteiger partial charge in [-0.3, -0.25) is 4.90 Å². The summed E-state index contributed by atoms with van der Waals surface area (Å²) in [5.74, 6) is 0. The molecule has 0 aromatic heterocycles. The van der Waals surface area contributed by atoms with Crippen LogP contribution in [0.1, 0.15) is 0 Å². The van der Waals surface area contributed by atoms with E-state index in [2.05, 4.69) is 0 Å². The van der Waals surface area contributed by atoms with Crippen LogP contribution in [0.15, 0.2) is 0 Å².